The van der Waals surface area contributed by atoms with Crippen LogP contribution in [0.15, 0.2) is 11.0 Å². The molecule has 0 aliphatic heterocycles. The molecule has 84 valence electrons. The highest BCUT2D eigenvalue weighted by molar-refractivity contribution is 5.36. The molecule has 0 aliphatic carbocycles. The van der Waals surface area contributed by atoms with Gasteiger partial charge in [0.1, 0.15) is 12.5 Å². The van der Waals surface area contributed by atoms with Gasteiger partial charge in [0.2, 0.25) is 0 Å². The zero-order valence-corrected chi connectivity index (χ0v) is 8.64. The highest BCUT2D eigenvalue weighted by Crippen LogP contribution is 2.04. The monoisotopic (exact) mass is 213 g/mol. The van der Waals surface area contributed by atoms with E-state index in [9.17, 15) is 4.79 Å². The summed E-state index contributed by atoms with van der Waals surface area (Å²) in [7, 11) is 0. The van der Waals surface area contributed by atoms with Gasteiger partial charge in [-0.2, -0.15) is 4.98 Å². The van der Waals surface area contributed by atoms with E-state index in [0.29, 0.717) is 6.42 Å². The first-order chi connectivity index (χ1) is 7.19. The summed E-state index contributed by atoms with van der Waals surface area (Å²) >= 11 is 0. The van der Waals surface area contributed by atoms with E-state index in [-0.39, 0.29) is 25.8 Å². The Morgan fingerprint density at radius 1 is 1.67 bits per heavy atom. The summed E-state index contributed by atoms with van der Waals surface area (Å²) in [5.41, 5.74) is 5.92. The second kappa shape index (κ2) is 5.47. The van der Waals surface area contributed by atoms with E-state index < -0.39 is 5.69 Å². The van der Waals surface area contributed by atoms with Crippen molar-refractivity contribution in [3.05, 3.63) is 22.2 Å². The van der Waals surface area contributed by atoms with Crippen molar-refractivity contribution in [1.29, 1.82) is 0 Å². The number of anilines is 1. The number of aromatic nitrogens is 2. The van der Waals surface area contributed by atoms with Gasteiger partial charge in [0.25, 0.3) is 0 Å². The number of ether oxygens (including phenoxy) is 1. The minimum absolute atomic E-state index is 0.0716. The van der Waals surface area contributed by atoms with Crippen molar-refractivity contribution >= 4 is 5.82 Å². The van der Waals surface area contributed by atoms with Crippen molar-refractivity contribution in [2.75, 3.05) is 18.9 Å². The van der Waals surface area contributed by atoms with Crippen LogP contribution in [-0.2, 0) is 17.9 Å². The van der Waals surface area contributed by atoms with Crippen molar-refractivity contribution in [1.82, 2.24) is 9.55 Å². The number of nitrogens with zero attached hydrogens (tertiary/aromatic N) is 2. The lowest BCUT2D eigenvalue weighted by Gasteiger charge is -2.08. The van der Waals surface area contributed by atoms with Gasteiger partial charge in [0.15, 0.2) is 0 Å². The van der Waals surface area contributed by atoms with Gasteiger partial charge in [-0.3, -0.25) is 4.57 Å². The van der Waals surface area contributed by atoms with E-state index in [1.54, 1.807) is 6.20 Å². The highest BCUT2D eigenvalue weighted by Gasteiger charge is 2.03. The van der Waals surface area contributed by atoms with Crippen LogP contribution in [0.4, 0.5) is 5.82 Å². The average molecular weight is 213 g/mol. The summed E-state index contributed by atoms with van der Waals surface area (Å²) in [6.45, 7) is 2.13. The number of nitrogens with two attached hydrogens (primary N) is 1. The molecule has 3 N–H and O–H groups in total. The van der Waals surface area contributed by atoms with E-state index in [2.05, 4.69) is 4.98 Å². The largest absolute Gasteiger partial charge is 0.394 e. The van der Waals surface area contributed by atoms with Gasteiger partial charge in [-0.15, -0.1) is 0 Å². The van der Waals surface area contributed by atoms with Crippen molar-refractivity contribution < 1.29 is 9.84 Å². The van der Waals surface area contributed by atoms with Crippen LogP contribution in [0.25, 0.3) is 0 Å². The molecule has 0 amide bonds. The summed E-state index contributed by atoms with van der Waals surface area (Å²) < 4.78 is 6.35. The van der Waals surface area contributed by atoms with Crippen molar-refractivity contribution in [2.24, 2.45) is 0 Å². The number of aryl methyl sites for hydroxylation is 1. The minimum atomic E-state index is -0.442. The van der Waals surface area contributed by atoms with Crippen LogP contribution in [0.1, 0.15) is 12.5 Å². The molecule has 0 saturated carbocycles. The molecule has 6 nitrogen and oxygen atoms in total. The molecular formula is C9H15N3O3. The molecule has 15 heavy (non-hydrogen) atoms. The maximum absolute atomic E-state index is 11.3. The number of hydrogen-bond donors (Lipinski definition) is 2. The van der Waals surface area contributed by atoms with Crippen molar-refractivity contribution in [3.8, 4) is 0 Å². The Balaban J connectivity index is 2.83. The van der Waals surface area contributed by atoms with Crippen molar-refractivity contribution in [3.63, 3.8) is 0 Å². The molecule has 0 unspecified atom stereocenters. The quantitative estimate of drug-likeness (QED) is 0.634. The van der Waals surface area contributed by atoms with Gasteiger partial charge >= 0.3 is 5.69 Å². The third-order valence-electron chi connectivity index (χ3n) is 1.95. The van der Waals surface area contributed by atoms with E-state index in [4.69, 9.17) is 15.6 Å². The molecule has 1 rings (SSSR count). The second-order valence-corrected chi connectivity index (χ2v) is 3.02. The summed E-state index contributed by atoms with van der Waals surface area (Å²) in [6, 6.07) is 0. The molecule has 0 spiro atoms. The Morgan fingerprint density at radius 3 is 3.00 bits per heavy atom. The van der Waals surface area contributed by atoms with E-state index >= 15 is 0 Å². The molecule has 1 aromatic rings. The maximum atomic E-state index is 11.3. The van der Waals surface area contributed by atoms with Gasteiger partial charge in [0.05, 0.1) is 13.2 Å². The van der Waals surface area contributed by atoms with E-state index in [0.717, 1.165) is 5.56 Å². The molecule has 0 atom stereocenters. The zero-order valence-electron chi connectivity index (χ0n) is 8.64. The van der Waals surface area contributed by atoms with Gasteiger partial charge in [0, 0.05) is 11.8 Å². The Hall–Kier alpha value is -1.40. The van der Waals surface area contributed by atoms with Crippen LogP contribution >= 0.6 is 0 Å². The topological polar surface area (TPSA) is 90.4 Å². The van der Waals surface area contributed by atoms with E-state index in [1.165, 1.54) is 4.57 Å². The number of nitrogen functional groups attached to an aromatic ring is 1. The Kier molecular flexibility index (Phi) is 4.26. The van der Waals surface area contributed by atoms with E-state index in [1.807, 2.05) is 6.92 Å². The normalized spacial score (nSPS) is 10.5. The van der Waals surface area contributed by atoms with Crippen LogP contribution in [0.3, 0.4) is 0 Å². The first kappa shape index (κ1) is 11.7. The molecular weight excluding hydrogens is 198 g/mol. The van der Waals surface area contributed by atoms with Gasteiger partial charge < -0.3 is 15.6 Å². The minimum Gasteiger partial charge on any atom is -0.394 e. The molecule has 0 aromatic carbocycles. The fraction of sp³-hybridized carbons (Fsp3) is 0.556. The van der Waals surface area contributed by atoms with Crippen LogP contribution < -0.4 is 11.4 Å². The van der Waals surface area contributed by atoms with Crippen LogP contribution in [0.5, 0.6) is 0 Å². The average Bonchev–Trinajstić information content (AvgIpc) is 2.21. The maximum Gasteiger partial charge on any atom is 0.351 e. The first-order valence-electron chi connectivity index (χ1n) is 4.73. The Morgan fingerprint density at radius 2 is 2.40 bits per heavy atom. The molecule has 6 heteroatoms. The smallest absolute Gasteiger partial charge is 0.351 e. The fourth-order valence-corrected chi connectivity index (χ4v) is 1.14. The molecule has 0 fully saturated rings. The molecule has 0 saturated heterocycles. The molecule has 0 bridgehead atoms. The fourth-order valence-electron chi connectivity index (χ4n) is 1.14. The SMILES string of the molecule is CCc1cn(COCCO)c(=O)nc1N. The number of rotatable bonds is 5. The summed E-state index contributed by atoms with van der Waals surface area (Å²) in [5, 5.41) is 8.51. The number of aliphatic hydroxyl groups excluding tert-OH is 1. The Labute approximate surface area is 87.3 Å². The summed E-state index contributed by atoms with van der Waals surface area (Å²) in [6.07, 6.45) is 2.33. The third-order valence-corrected chi connectivity index (χ3v) is 1.95. The molecule has 0 radical (unpaired) electrons. The first-order valence-corrected chi connectivity index (χ1v) is 4.73. The lowest BCUT2D eigenvalue weighted by molar-refractivity contribution is 0.0457. The van der Waals surface area contributed by atoms with Crippen LogP contribution in [-0.4, -0.2) is 27.9 Å². The highest BCUT2D eigenvalue weighted by atomic mass is 16.5. The number of hydrogen-bond acceptors (Lipinski definition) is 5. The second-order valence-electron chi connectivity index (χ2n) is 3.02. The molecule has 1 heterocycles. The molecule has 1 aromatic heterocycles. The predicted octanol–water partition coefficient (Wildman–Crippen LogP) is -0.646. The predicted molar refractivity (Wildman–Crippen MR) is 55.3 cm³/mol. The summed E-state index contributed by atoms with van der Waals surface area (Å²) in [5.74, 6) is 0.265. The van der Waals surface area contributed by atoms with Gasteiger partial charge in [-0.25, -0.2) is 4.79 Å². The molecule has 0 aliphatic rings. The lowest BCUT2D eigenvalue weighted by atomic mass is 10.2. The Bertz CT molecular complexity index is 375. The van der Waals surface area contributed by atoms with Crippen LogP contribution in [0, 0.1) is 0 Å². The van der Waals surface area contributed by atoms with Crippen molar-refractivity contribution in [2.45, 2.75) is 20.1 Å². The lowest BCUT2D eigenvalue weighted by Crippen LogP contribution is -2.26. The van der Waals surface area contributed by atoms with Crippen LogP contribution in [0.2, 0.25) is 0 Å². The van der Waals surface area contributed by atoms with Gasteiger partial charge in [-0.1, -0.05) is 6.92 Å². The number of aliphatic hydroxyl groups is 1. The summed E-state index contributed by atoms with van der Waals surface area (Å²) in [4.78, 5) is 15.0. The van der Waals surface area contributed by atoms with Gasteiger partial charge in [-0.05, 0) is 6.42 Å². The third kappa shape index (κ3) is 3.03. The zero-order chi connectivity index (χ0) is 11.3. The standard InChI is InChI=1S/C9H15N3O3/c1-2-7-5-12(6-15-4-3-13)9(14)11-8(7)10/h5,13H,2-4,6H2,1H3,(H2,10,11,14).